The van der Waals surface area contributed by atoms with Crippen LogP contribution < -0.4 is 4.74 Å². The number of hydrogen-bond acceptors (Lipinski definition) is 3. The lowest BCUT2D eigenvalue weighted by molar-refractivity contribution is -0.437. The van der Waals surface area contributed by atoms with Crippen LogP contribution in [-0.2, 0) is 4.84 Å². The van der Waals surface area contributed by atoms with Crippen molar-refractivity contribution >= 4 is 0 Å². The van der Waals surface area contributed by atoms with Gasteiger partial charge in [0.2, 0.25) is 0 Å². The molecule has 2 aromatic rings. The highest BCUT2D eigenvalue weighted by atomic mass is 19.4. The lowest BCUT2D eigenvalue weighted by Gasteiger charge is -2.40. The van der Waals surface area contributed by atoms with Crippen molar-refractivity contribution in [3.05, 3.63) is 65.7 Å². The molecule has 0 aliphatic rings. The van der Waals surface area contributed by atoms with Gasteiger partial charge in [-0.3, -0.25) is 0 Å². The van der Waals surface area contributed by atoms with Crippen LogP contribution in [0.4, 0.5) is 13.2 Å². The fourth-order valence-electron chi connectivity index (χ4n) is 2.57. The second-order valence-corrected chi connectivity index (χ2v) is 6.62. The Morgan fingerprint density at radius 3 is 1.80 bits per heavy atom. The van der Waals surface area contributed by atoms with Gasteiger partial charge in [-0.15, -0.1) is 13.2 Å². The average molecular weight is 353 g/mol. The minimum Gasteiger partial charge on any atom is -0.497 e. The summed E-state index contributed by atoms with van der Waals surface area (Å²) < 4.78 is 44.3. The van der Waals surface area contributed by atoms with Gasteiger partial charge in [0.1, 0.15) is 5.75 Å². The number of nitrogens with zero attached hydrogens (tertiary/aromatic N) is 1. The van der Waals surface area contributed by atoms with Gasteiger partial charge in [0.15, 0.2) is 0 Å². The van der Waals surface area contributed by atoms with Crippen LogP contribution in [-0.4, -0.2) is 24.1 Å². The molecule has 6 heteroatoms. The lowest BCUT2D eigenvalue weighted by Crippen LogP contribution is -2.47. The van der Waals surface area contributed by atoms with Crippen LogP contribution in [0.2, 0.25) is 0 Å². The number of benzene rings is 2. The molecule has 0 aromatic heterocycles. The lowest BCUT2D eigenvalue weighted by atomic mass is 9.94. The fraction of sp³-hybridized carbons (Fsp3) is 0.368. The van der Waals surface area contributed by atoms with Crippen molar-refractivity contribution in [2.75, 3.05) is 7.11 Å². The molecule has 0 spiro atoms. The van der Waals surface area contributed by atoms with Crippen LogP contribution in [0.5, 0.6) is 5.75 Å². The maximum absolute atomic E-state index is 13.1. The van der Waals surface area contributed by atoms with Crippen molar-refractivity contribution in [1.29, 1.82) is 0 Å². The average Bonchev–Trinajstić information content (AvgIpc) is 2.54. The molecule has 0 saturated heterocycles. The molecule has 0 amide bonds. The number of hydroxylamine groups is 2. The number of halogens is 3. The highest BCUT2D eigenvalue weighted by molar-refractivity contribution is 5.35. The summed E-state index contributed by atoms with van der Waals surface area (Å²) in [4.78, 5) is 4.43. The minimum absolute atomic E-state index is 0.634. The number of hydrogen-bond donors (Lipinski definition) is 0. The number of ether oxygens (including phenoxy) is 1. The normalized spacial score (nSPS) is 13.8. The van der Waals surface area contributed by atoms with Crippen molar-refractivity contribution in [2.24, 2.45) is 0 Å². The van der Waals surface area contributed by atoms with Gasteiger partial charge < -0.3 is 4.74 Å². The first-order valence-corrected chi connectivity index (χ1v) is 7.86. The maximum Gasteiger partial charge on any atom is 0.539 e. The van der Waals surface area contributed by atoms with E-state index in [-0.39, 0.29) is 0 Å². The van der Waals surface area contributed by atoms with Gasteiger partial charge in [0.25, 0.3) is 0 Å². The summed E-state index contributed by atoms with van der Waals surface area (Å²) in [5.41, 5.74) is 0.480. The molecule has 0 radical (unpaired) electrons. The highest BCUT2D eigenvalue weighted by Crippen LogP contribution is 2.37. The number of rotatable bonds is 5. The van der Waals surface area contributed by atoms with Crippen molar-refractivity contribution < 1.29 is 22.7 Å². The molecular formula is C19H22F3NO2. The monoisotopic (exact) mass is 353 g/mol. The second-order valence-electron chi connectivity index (χ2n) is 6.62. The number of alkyl halides is 3. The Morgan fingerprint density at radius 2 is 1.36 bits per heavy atom. The van der Waals surface area contributed by atoms with E-state index >= 15 is 0 Å². The first-order chi connectivity index (χ1) is 11.6. The molecule has 0 saturated carbocycles. The molecule has 136 valence electrons. The minimum atomic E-state index is -4.78. The fourth-order valence-corrected chi connectivity index (χ4v) is 2.57. The largest absolute Gasteiger partial charge is 0.539 e. The first kappa shape index (κ1) is 19.3. The zero-order chi connectivity index (χ0) is 18.7. The predicted molar refractivity (Wildman–Crippen MR) is 90.0 cm³/mol. The molecule has 0 aliphatic carbocycles. The molecule has 0 bridgehead atoms. The van der Waals surface area contributed by atoms with E-state index in [0.717, 1.165) is 5.06 Å². The van der Waals surface area contributed by atoms with E-state index in [2.05, 4.69) is 4.84 Å². The van der Waals surface area contributed by atoms with E-state index in [1.54, 1.807) is 69.3 Å². The van der Waals surface area contributed by atoms with Gasteiger partial charge in [0, 0.05) is 5.54 Å². The van der Waals surface area contributed by atoms with Crippen LogP contribution in [0.15, 0.2) is 54.6 Å². The van der Waals surface area contributed by atoms with Crippen molar-refractivity contribution in [2.45, 2.75) is 38.7 Å². The third-order valence-electron chi connectivity index (χ3n) is 3.64. The smallest absolute Gasteiger partial charge is 0.497 e. The molecule has 2 aromatic carbocycles. The Morgan fingerprint density at radius 1 is 0.840 bits per heavy atom. The molecule has 0 heterocycles. The van der Waals surface area contributed by atoms with Crippen LogP contribution in [0.25, 0.3) is 0 Å². The number of methoxy groups -OCH3 is 1. The molecule has 0 N–H and O–H groups in total. The summed E-state index contributed by atoms with van der Waals surface area (Å²) in [5.74, 6) is 0.634. The van der Waals surface area contributed by atoms with Crippen molar-refractivity contribution in [3.63, 3.8) is 0 Å². The van der Waals surface area contributed by atoms with Gasteiger partial charge in [-0.1, -0.05) is 42.5 Å². The van der Waals surface area contributed by atoms with Crippen molar-refractivity contribution in [1.82, 2.24) is 5.06 Å². The van der Waals surface area contributed by atoms with E-state index in [1.165, 1.54) is 7.11 Å². The first-order valence-electron chi connectivity index (χ1n) is 7.86. The van der Waals surface area contributed by atoms with E-state index in [1.807, 2.05) is 6.07 Å². The predicted octanol–water partition coefficient (Wildman–Crippen LogP) is 5.34. The summed E-state index contributed by atoms with van der Waals surface area (Å²) in [6, 6.07) is 15.2. The topological polar surface area (TPSA) is 21.7 Å². The molecule has 1 atom stereocenters. The zero-order valence-electron chi connectivity index (χ0n) is 14.7. The van der Waals surface area contributed by atoms with Crippen LogP contribution in [0.3, 0.4) is 0 Å². The van der Waals surface area contributed by atoms with E-state index in [9.17, 15) is 13.2 Å². The summed E-state index contributed by atoms with van der Waals surface area (Å²) in [5, 5.41) is 0.990. The van der Waals surface area contributed by atoms with Crippen LogP contribution in [0.1, 0.15) is 37.9 Å². The quantitative estimate of drug-likeness (QED) is 0.678. The summed E-state index contributed by atoms with van der Waals surface area (Å²) in [6.07, 6.45) is -4.78. The highest BCUT2D eigenvalue weighted by Gasteiger charge is 2.42. The zero-order valence-corrected chi connectivity index (χ0v) is 14.7. The Labute approximate surface area is 145 Å². The van der Waals surface area contributed by atoms with Gasteiger partial charge in [0.05, 0.1) is 13.2 Å². The molecule has 25 heavy (non-hydrogen) atoms. The molecule has 3 nitrogen and oxygen atoms in total. The Kier molecular flexibility index (Phi) is 5.75. The van der Waals surface area contributed by atoms with Gasteiger partial charge in [-0.05, 0) is 44.0 Å². The SMILES string of the molecule is COc1ccc(C(c2ccccc2)N(OC(F)(F)F)C(C)(C)C)cc1. The van der Waals surface area contributed by atoms with E-state index in [4.69, 9.17) is 4.74 Å². The summed E-state index contributed by atoms with van der Waals surface area (Å²) in [7, 11) is 1.54. The van der Waals surface area contributed by atoms with Crippen LogP contribution in [0, 0.1) is 0 Å². The van der Waals surface area contributed by atoms with Gasteiger partial charge in [-0.25, -0.2) is 0 Å². The van der Waals surface area contributed by atoms with Gasteiger partial charge in [-0.2, -0.15) is 9.90 Å². The summed E-state index contributed by atoms with van der Waals surface area (Å²) >= 11 is 0. The molecule has 0 aliphatic heterocycles. The Balaban J connectivity index is 2.55. The summed E-state index contributed by atoms with van der Waals surface area (Å²) in [6.45, 7) is 5.04. The molecule has 1 unspecified atom stereocenters. The third-order valence-corrected chi connectivity index (χ3v) is 3.64. The van der Waals surface area contributed by atoms with E-state index < -0.39 is 17.9 Å². The van der Waals surface area contributed by atoms with E-state index in [0.29, 0.717) is 16.9 Å². The molecule has 0 fully saturated rings. The third kappa shape index (κ3) is 5.21. The molecule has 2 rings (SSSR count). The van der Waals surface area contributed by atoms with Crippen LogP contribution >= 0.6 is 0 Å². The molecular weight excluding hydrogens is 331 g/mol. The Bertz CT molecular complexity index is 664. The van der Waals surface area contributed by atoms with Crippen molar-refractivity contribution in [3.8, 4) is 5.75 Å². The maximum atomic E-state index is 13.1. The Hall–Kier alpha value is -2.05. The van der Waals surface area contributed by atoms with Gasteiger partial charge >= 0.3 is 6.36 Å². The standard InChI is InChI=1S/C19H22F3NO2/c1-18(2,3)23(25-19(20,21)22)17(14-8-6-5-7-9-14)15-10-12-16(24-4)13-11-15/h5-13,17H,1-4H3. The second kappa shape index (κ2) is 7.45.